The van der Waals surface area contributed by atoms with E-state index in [1.165, 1.54) is 38.5 Å². The summed E-state index contributed by atoms with van der Waals surface area (Å²) >= 11 is 0. The van der Waals surface area contributed by atoms with Crippen molar-refractivity contribution < 1.29 is 0 Å². The van der Waals surface area contributed by atoms with E-state index < -0.39 is 0 Å². The van der Waals surface area contributed by atoms with Gasteiger partial charge in [-0.25, -0.2) is 0 Å². The first kappa shape index (κ1) is 11.5. The fourth-order valence-electron chi connectivity index (χ4n) is 4.60. The second kappa shape index (κ2) is 4.11. The van der Waals surface area contributed by atoms with Gasteiger partial charge in [0.25, 0.3) is 0 Å². The maximum Gasteiger partial charge on any atom is -0.0334 e. The van der Waals surface area contributed by atoms with Crippen molar-refractivity contribution in [2.45, 2.75) is 66.2 Å². The van der Waals surface area contributed by atoms with Crippen molar-refractivity contribution in [2.75, 3.05) is 0 Å². The molecular formula is C15H28. The summed E-state index contributed by atoms with van der Waals surface area (Å²) in [6.07, 6.45) is 8.94. The Hall–Kier alpha value is 0. The minimum absolute atomic E-state index is 0.608. The molecule has 2 fully saturated rings. The molecule has 2 saturated carbocycles. The van der Waals surface area contributed by atoms with Crippen LogP contribution in [0.2, 0.25) is 0 Å². The molecule has 0 aromatic carbocycles. The van der Waals surface area contributed by atoms with Crippen molar-refractivity contribution in [3.63, 3.8) is 0 Å². The highest BCUT2D eigenvalue weighted by Gasteiger charge is 2.39. The normalized spacial score (nSPS) is 45.6. The molecule has 15 heavy (non-hydrogen) atoms. The van der Waals surface area contributed by atoms with Gasteiger partial charge in [0.1, 0.15) is 0 Å². The van der Waals surface area contributed by atoms with Crippen LogP contribution in [0, 0.1) is 29.1 Å². The zero-order valence-corrected chi connectivity index (χ0v) is 11.1. The number of hydrogen-bond donors (Lipinski definition) is 0. The van der Waals surface area contributed by atoms with Crippen molar-refractivity contribution in [3.05, 3.63) is 0 Å². The van der Waals surface area contributed by atoms with Crippen molar-refractivity contribution in [3.8, 4) is 0 Å². The Balaban J connectivity index is 2.14. The van der Waals surface area contributed by atoms with Crippen LogP contribution in [0.25, 0.3) is 0 Å². The molecule has 0 radical (unpaired) electrons. The smallest absolute Gasteiger partial charge is 0.0334 e. The highest BCUT2D eigenvalue weighted by atomic mass is 14.4. The molecule has 2 rings (SSSR count). The van der Waals surface area contributed by atoms with E-state index in [9.17, 15) is 0 Å². The lowest BCUT2D eigenvalue weighted by Gasteiger charge is -2.39. The maximum absolute atomic E-state index is 2.52. The van der Waals surface area contributed by atoms with Crippen LogP contribution in [0.3, 0.4) is 0 Å². The first-order chi connectivity index (χ1) is 6.99. The van der Waals surface area contributed by atoms with Crippen LogP contribution in [-0.4, -0.2) is 0 Å². The van der Waals surface area contributed by atoms with Crippen LogP contribution in [0.1, 0.15) is 66.2 Å². The molecular weight excluding hydrogens is 180 g/mol. The third-order valence-corrected chi connectivity index (χ3v) is 5.16. The Morgan fingerprint density at radius 2 is 1.67 bits per heavy atom. The average Bonchev–Trinajstić information content (AvgIpc) is 2.24. The van der Waals surface area contributed by atoms with E-state index in [4.69, 9.17) is 0 Å². The minimum atomic E-state index is 0.608. The number of fused-ring (bicyclic) bond motifs is 1. The number of rotatable bonds is 0. The molecule has 0 N–H and O–H groups in total. The van der Waals surface area contributed by atoms with Crippen molar-refractivity contribution in [2.24, 2.45) is 29.1 Å². The molecule has 4 unspecified atom stereocenters. The molecule has 0 aromatic heterocycles. The van der Waals surface area contributed by atoms with Crippen molar-refractivity contribution in [1.82, 2.24) is 0 Å². The molecule has 0 heterocycles. The molecule has 2 aliphatic carbocycles. The van der Waals surface area contributed by atoms with Crippen LogP contribution in [0.5, 0.6) is 0 Å². The Bertz CT molecular complexity index is 216. The molecule has 0 nitrogen and oxygen atoms in total. The predicted octanol–water partition coefficient (Wildman–Crippen LogP) is 4.89. The Labute approximate surface area is 95.8 Å². The Morgan fingerprint density at radius 1 is 0.933 bits per heavy atom. The summed E-state index contributed by atoms with van der Waals surface area (Å²) in [7, 11) is 0. The summed E-state index contributed by atoms with van der Waals surface area (Å²) in [6.45, 7) is 9.98. The molecule has 4 atom stereocenters. The predicted molar refractivity (Wildman–Crippen MR) is 66.8 cm³/mol. The van der Waals surface area contributed by atoms with Gasteiger partial charge in [0.2, 0.25) is 0 Å². The molecule has 88 valence electrons. The summed E-state index contributed by atoms with van der Waals surface area (Å²) < 4.78 is 0. The van der Waals surface area contributed by atoms with Gasteiger partial charge >= 0.3 is 0 Å². The summed E-state index contributed by atoms with van der Waals surface area (Å²) in [4.78, 5) is 0. The average molecular weight is 208 g/mol. The minimum Gasteiger partial charge on any atom is -0.0622 e. The molecule has 0 amide bonds. The molecule has 0 spiro atoms. The van der Waals surface area contributed by atoms with Gasteiger partial charge in [-0.05, 0) is 48.3 Å². The molecule has 0 bridgehead atoms. The lowest BCUT2D eigenvalue weighted by Crippen LogP contribution is -2.30. The van der Waals surface area contributed by atoms with Crippen molar-refractivity contribution in [1.29, 1.82) is 0 Å². The highest BCUT2D eigenvalue weighted by molar-refractivity contribution is 4.89. The van der Waals surface area contributed by atoms with Gasteiger partial charge in [-0.2, -0.15) is 0 Å². The van der Waals surface area contributed by atoms with Gasteiger partial charge in [0.05, 0.1) is 0 Å². The molecule has 0 aliphatic heterocycles. The first-order valence-electron chi connectivity index (χ1n) is 6.99. The summed E-state index contributed by atoms with van der Waals surface area (Å²) in [5.41, 5.74) is 0.608. The fourth-order valence-corrected chi connectivity index (χ4v) is 4.60. The SMILES string of the molecule is CC1CCCC2CCC(C)(C)CC(C)C12. The van der Waals surface area contributed by atoms with Crippen LogP contribution in [0.4, 0.5) is 0 Å². The van der Waals surface area contributed by atoms with Gasteiger partial charge in [0.15, 0.2) is 0 Å². The molecule has 0 aromatic rings. The summed E-state index contributed by atoms with van der Waals surface area (Å²) in [5, 5.41) is 0. The third kappa shape index (κ3) is 2.40. The largest absolute Gasteiger partial charge is 0.0622 e. The zero-order chi connectivity index (χ0) is 11.1. The van der Waals surface area contributed by atoms with Crippen LogP contribution >= 0.6 is 0 Å². The van der Waals surface area contributed by atoms with E-state index in [2.05, 4.69) is 27.7 Å². The second-order valence-electron chi connectivity index (χ2n) is 7.13. The van der Waals surface area contributed by atoms with Crippen LogP contribution < -0.4 is 0 Å². The molecule has 2 aliphatic rings. The first-order valence-corrected chi connectivity index (χ1v) is 6.99. The van der Waals surface area contributed by atoms with Crippen LogP contribution in [0.15, 0.2) is 0 Å². The number of hydrogen-bond acceptors (Lipinski definition) is 0. The van der Waals surface area contributed by atoms with E-state index >= 15 is 0 Å². The van der Waals surface area contributed by atoms with E-state index in [0.717, 1.165) is 23.7 Å². The quantitative estimate of drug-likeness (QED) is 0.532. The van der Waals surface area contributed by atoms with Gasteiger partial charge in [-0.3, -0.25) is 0 Å². The zero-order valence-electron chi connectivity index (χ0n) is 11.1. The lowest BCUT2D eigenvalue weighted by molar-refractivity contribution is 0.107. The van der Waals surface area contributed by atoms with Crippen LogP contribution in [-0.2, 0) is 0 Å². The van der Waals surface area contributed by atoms with Gasteiger partial charge in [-0.15, -0.1) is 0 Å². The topological polar surface area (TPSA) is 0 Å². The van der Waals surface area contributed by atoms with Gasteiger partial charge in [0, 0.05) is 0 Å². The van der Waals surface area contributed by atoms with E-state index in [1.807, 2.05) is 0 Å². The molecule has 0 heteroatoms. The fraction of sp³-hybridized carbons (Fsp3) is 1.00. The maximum atomic E-state index is 2.52. The van der Waals surface area contributed by atoms with E-state index in [0.29, 0.717) is 5.41 Å². The standard InChI is InChI=1S/C15H28/c1-11-6-5-7-13-8-9-15(3,4)10-12(2)14(11)13/h11-14H,5-10H2,1-4H3. The van der Waals surface area contributed by atoms with E-state index in [-0.39, 0.29) is 0 Å². The second-order valence-corrected chi connectivity index (χ2v) is 7.13. The van der Waals surface area contributed by atoms with Gasteiger partial charge < -0.3 is 0 Å². The van der Waals surface area contributed by atoms with Gasteiger partial charge in [-0.1, -0.05) is 47.0 Å². The summed E-state index contributed by atoms with van der Waals surface area (Å²) in [6, 6.07) is 0. The monoisotopic (exact) mass is 208 g/mol. The van der Waals surface area contributed by atoms with Crippen molar-refractivity contribution >= 4 is 0 Å². The Kier molecular flexibility index (Phi) is 3.14. The Morgan fingerprint density at radius 3 is 2.40 bits per heavy atom. The third-order valence-electron chi connectivity index (χ3n) is 5.16. The molecule has 0 saturated heterocycles. The highest BCUT2D eigenvalue weighted by Crippen LogP contribution is 2.49. The summed E-state index contributed by atoms with van der Waals surface area (Å²) in [5.74, 6) is 4.06. The van der Waals surface area contributed by atoms with E-state index in [1.54, 1.807) is 0 Å². The lowest BCUT2D eigenvalue weighted by atomic mass is 9.66.